The third-order valence-electron chi connectivity index (χ3n) is 5.13. The second kappa shape index (κ2) is 10.1. The number of unbranched alkanes of at least 4 members (excludes halogenated alkanes) is 3. The predicted molar refractivity (Wildman–Crippen MR) is 106 cm³/mol. The minimum absolute atomic E-state index is 0.240. The van der Waals surface area contributed by atoms with Gasteiger partial charge in [-0.2, -0.15) is 4.37 Å². The highest BCUT2D eigenvalue weighted by molar-refractivity contribution is 6.99. The van der Waals surface area contributed by atoms with Crippen molar-refractivity contribution in [3.8, 4) is 5.88 Å². The van der Waals surface area contributed by atoms with Gasteiger partial charge in [0, 0.05) is 18.9 Å². The topological polar surface area (TPSA) is 89.0 Å². The molecule has 0 fully saturated rings. The summed E-state index contributed by atoms with van der Waals surface area (Å²) >= 11 is 1.18. The number of nitrogens with zero attached hydrogens (tertiary/aromatic N) is 3. The van der Waals surface area contributed by atoms with E-state index < -0.39 is 0 Å². The molecule has 152 valence electrons. The van der Waals surface area contributed by atoms with Crippen LogP contribution in [0, 0.1) is 0 Å². The van der Waals surface area contributed by atoms with Gasteiger partial charge in [-0.3, -0.25) is 4.48 Å². The van der Waals surface area contributed by atoms with Gasteiger partial charge in [-0.1, -0.05) is 32.3 Å². The van der Waals surface area contributed by atoms with Gasteiger partial charge in [-0.25, -0.2) is 4.79 Å². The number of carbonyl (C=O) groups is 1. The van der Waals surface area contributed by atoms with Gasteiger partial charge in [0.2, 0.25) is 6.23 Å². The van der Waals surface area contributed by atoms with E-state index in [0.717, 1.165) is 37.2 Å². The Labute approximate surface area is 166 Å². The molecule has 0 bridgehead atoms. The van der Waals surface area contributed by atoms with E-state index in [1.807, 2.05) is 6.92 Å². The van der Waals surface area contributed by atoms with E-state index in [0.29, 0.717) is 17.0 Å². The Bertz CT molecular complexity index is 647. The second-order valence-electron chi connectivity index (χ2n) is 7.64. The Morgan fingerprint density at radius 2 is 2.11 bits per heavy atom. The van der Waals surface area contributed by atoms with Crippen LogP contribution in [-0.4, -0.2) is 58.2 Å². The maximum absolute atomic E-state index is 11.9. The van der Waals surface area contributed by atoms with E-state index in [1.54, 1.807) is 6.92 Å². The van der Waals surface area contributed by atoms with Gasteiger partial charge in [0.25, 0.3) is 5.88 Å². The summed E-state index contributed by atoms with van der Waals surface area (Å²) in [5, 5.41) is 0. The summed E-state index contributed by atoms with van der Waals surface area (Å²) in [4.78, 5) is 11.9. The molecule has 7 nitrogen and oxygen atoms in total. The fraction of sp³-hybridized carbons (Fsp3) is 0.737. The normalized spacial score (nSPS) is 22.0. The highest BCUT2D eigenvalue weighted by atomic mass is 32.1. The van der Waals surface area contributed by atoms with E-state index in [2.05, 4.69) is 34.5 Å². The molecule has 3 N–H and O–H groups in total. The second-order valence-corrected chi connectivity index (χ2v) is 8.17. The fourth-order valence-corrected chi connectivity index (χ4v) is 3.66. The van der Waals surface area contributed by atoms with E-state index in [9.17, 15) is 4.79 Å². The molecule has 0 aromatic carbocycles. The minimum Gasteiger partial charge on any atom is -0.475 e. The first-order valence-corrected chi connectivity index (χ1v) is 10.6. The molecule has 1 aliphatic rings. The van der Waals surface area contributed by atoms with Gasteiger partial charge in [-0.15, -0.1) is 4.37 Å². The van der Waals surface area contributed by atoms with Crippen LogP contribution in [0.1, 0.15) is 58.6 Å². The summed E-state index contributed by atoms with van der Waals surface area (Å²) in [6.07, 6.45) is 7.52. The number of carbonyl (C=O) groups excluding carboxylic acids is 1. The van der Waals surface area contributed by atoms with Gasteiger partial charge >= 0.3 is 5.97 Å². The number of esters is 1. The van der Waals surface area contributed by atoms with Crippen LogP contribution in [0.25, 0.3) is 5.57 Å². The number of likely N-dealkylation sites (N-methyl/N-ethyl adjacent to an activating group) is 1. The Balaban J connectivity index is 2.00. The van der Waals surface area contributed by atoms with Gasteiger partial charge in [0.1, 0.15) is 12.2 Å². The quantitative estimate of drug-likeness (QED) is 0.371. The first kappa shape index (κ1) is 21.8. The molecular weight excluding hydrogens is 364 g/mol. The van der Waals surface area contributed by atoms with E-state index in [-0.39, 0.29) is 18.2 Å². The van der Waals surface area contributed by atoms with Crippen LogP contribution in [0.3, 0.4) is 0 Å². The Kier molecular flexibility index (Phi) is 8.19. The maximum Gasteiger partial charge on any atom is 0.368 e. The molecule has 0 saturated heterocycles. The molecule has 2 rings (SSSR count). The van der Waals surface area contributed by atoms with Crippen LogP contribution >= 0.6 is 11.7 Å². The summed E-state index contributed by atoms with van der Waals surface area (Å²) in [5.41, 5.74) is 5.70. The lowest BCUT2D eigenvalue weighted by atomic mass is 10.0. The Morgan fingerprint density at radius 3 is 2.81 bits per heavy atom. The van der Waals surface area contributed by atoms with Gasteiger partial charge < -0.3 is 15.2 Å². The number of rotatable bonds is 10. The fourth-order valence-electron chi connectivity index (χ4n) is 3.13. The summed E-state index contributed by atoms with van der Waals surface area (Å²) in [6.45, 7) is 8.22. The van der Waals surface area contributed by atoms with Crippen molar-refractivity contribution in [3.05, 3.63) is 11.8 Å². The Morgan fingerprint density at radius 1 is 1.33 bits per heavy atom. The van der Waals surface area contributed by atoms with Crippen molar-refractivity contribution >= 4 is 23.3 Å². The smallest absolute Gasteiger partial charge is 0.368 e. The molecule has 0 saturated carbocycles. The summed E-state index contributed by atoms with van der Waals surface area (Å²) < 4.78 is 21.0. The molecule has 1 aliphatic heterocycles. The van der Waals surface area contributed by atoms with Crippen LogP contribution in [0.15, 0.2) is 6.08 Å². The lowest BCUT2D eigenvalue weighted by Gasteiger charge is -2.41. The third-order valence-corrected chi connectivity index (χ3v) is 5.64. The molecule has 0 amide bonds. The molecule has 0 radical (unpaired) electrons. The first-order chi connectivity index (χ1) is 12.9. The molecule has 0 aliphatic carbocycles. The molecule has 2 heterocycles. The maximum atomic E-state index is 11.9. The third kappa shape index (κ3) is 5.99. The van der Waals surface area contributed by atoms with E-state index in [1.165, 1.54) is 31.0 Å². The minimum atomic E-state index is -0.366. The molecule has 8 heteroatoms. The first-order valence-electron chi connectivity index (χ1n) is 9.90. The van der Waals surface area contributed by atoms with Crippen LogP contribution in [0.4, 0.5) is 0 Å². The average Bonchev–Trinajstić information content (AvgIpc) is 3.10. The van der Waals surface area contributed by atoms with E-state index in [4.69, 9.17) is 9.47 Å². The van der Waals surface area contributed by atoms with Crippen molar-refractivity contribution < 1.29 is 24.5 Å². The molecular formula is C19H34N4O3S+2. The van der Waals surface area contributed by atoms with Crippen LogP contribution in [-0.2, 0) is 9.53 Å². The lowest BCUT2D eigenvalue weighted by molar-refractivity contribution is -0.944. The molecule has 1 aromatic heterocycles. The molecule has 1 aromatic rings. The van der Waals surface area contributed by atoms with Crippen LogP contribution < -0.4 is 10.5 Å². The van der Waals surface area contributed by atoms with Crippen molar-refractivity contribution in [2.24, 2.45) is 0 Å². The van der Waals surface area contributed by atoms with Crippen molar-refractivity contribution in [2.45, 2.75) is 65.1 Å². The number of hydrogen-bond donors (Lipinski definition) is 1. The van der Waals surface area contributed by atoms with Crippen LogP contribution in [0.2, 0.25) is 0 Å². The molecule has 27 heavy (non-hydrogen) atoms. The predicted octanol–water partition coefficient (Wildman–Crippen LogP) is 2.25. The largest absolute Gasteiger partial charge is 0.475 e. The van der Waals surface area contributed by atoms with Crippen LogP contribution in [0.5, 0.6) is 5.88 Å². The highest BCUT2D eigenvalue weighted by Crippen LogP contribution is 2.31. The van der Waals surface area contributed by atoms with Gasteiger partial charge in [0.05, 0.1) is 31.9 Å². The number of ether oxygens (including phenoxy) is 2. The van der Waals surface area contributed by atoms with Gasteiger partial charge in [-0.05, 0) is 13.3 Å². The SMILES string of the molecule is CCCCCCOc1nsnc1C1=CCC[N+](C)(C(C)OC(=O)[C@H](C)[NH3+])C1. The van der Waals surface area contributed by atoms with Gasteiger partial charge in [0.15, 0.2) is 6.04 Å². The molecule has 2 unspecified atom stereocenters. The average molecular weight is 399 g/mol. The summed E-state index contributed by atoms with van der Waals surface area (Å²) in [5.74, 6) is 0.372. The Hall–Kier alpha value is -1.51. The lowest BCUT2D eigenvalue weighted by Crippen LogP contribution is -2.65. The summed E-state index contributed by atoms with van der Waals surface area (Å²) in [6, 6.07) is -0.366. The number of hydrogen-bond acceptors (Lipinski definition) is 6. The molecule has 0 spiro atoms. The van der Waals surface area contributed by atoms with Crippen molar-refractivity contribution in [1.82, 2.24) is 8.75 Å². The summed E-state index contributed by atoms with van der Waals surface area (Å²) in [7, 11) is 2.11. The van der Waals surface area contributed by atoms with E-state index >= 15 is 0 Å². The zero-order valence-electron chi connectivity index (χ0n) is 17.1. The monoisotopic (exact) mass is 398 g/mol. The van der Waals surface area contributed by atoms with Crippen molar-refractivity contribution in [3.63, 3.8) is 0 Å². The van der Waals surface area contributed by atoms with Crippen molar-refractivity contribution in [1.29, 1.82) is 0 Å². The highest BCUT2D eigenvalue weighted by Gasteiger charge is 2.37. The number of quaternary nitrogens is 2. The zero-order valence-corrected chi connectivity index (χ0v) is 17.9. The van der Waals surface area contributed by atoms with Crippen molar-refractivity contribution in [2.75, 3.05) is 26.7 Å². The standard InChI is InChI=1S/C19H33N4O3S/c1-5-6-7-8-12-25-18-17(21-27-22-18)16-10-9-11-23(4,13-16)15(3)26-19(24)14(2)20/h10,14-15H,5-9,11-13,20H2,1-4H3/q+1/p+1/t14-,15?,23?/m0/s1. The zero-order chi connectivity index (χ0) is 19.9. The number of aromatic nitrogens is 2. The molecule has 3 atom stereocenters.